The van der Waals surface area contributed by atoms with Crippen LogP contribution in [0.25, 0.3) is 0 Å². The zero-order chi connectivity index (χ0) is 11.4. The van der Waals surface area contributed by atoms with Crippen molar-refractivity contribution in [2.24, 2.45) is 0 Å². The molecular formula is C10H9Br2NO2. The first kappa shape index (κ1) is 12.3. The molecule has 5 heteroatoms. The van der Waals surface area contributed by atoms with Gasteiger partial charge in [-0.1, -0.05) is 0 Å². The molecule has 0 aromatic heterocycles. The zero-order valence-corrected chi connectivity index (χ0v) is 11.5. The van der Waals surface area contributed by atoms with Crippen molar-refractivity contribution in [2.75, 3.05) is 14.2 Å². The van der Waals surface area contributed by atoms with Crippen LogP contribution < -0.4 is 9.47 Å². The molecule has 0 aliphatic rings. The van der Waals surface area contributed by atoms with Crippen molar-refractivity contribution in [3.8, 4) is 17.6 Å². The van der Waals surface area contributed by atoms with Crippen LogP contribution in [-0.2, 0) is 6.42 Å². The number of nitriles is 1. The minimum absolute atomic E-state index is 0.296. The van der Waals surface area contributed by atoms with E-state index >= 15 is 0 Å². The van der Waals surface area contributed by atoms with Crippen molar-refractivity contribution in [3.05, 3.63) is 20.6 Å². The highest BCUT2D eigenvalue weighted by Crippen LogP contribution is 2.42. The Labute approximate surface area is 105 Å². The topological polar surface area (TPSA) is 42.2 Å². The quantitative estimate of drug-likeness (QED) is 0.851. The van der Waals surface area contributed by atoms with Gasteiger partial charge in [-0.2, -0.15) is 5.26 Å². The Balaban J connectivity index is 3.38. The fourth-order valence-corrected chi connectivity index (χ4v) is 2.95. The van der Waals surface area contributed by atoms with Crippen molar-refractivity contribution in [3.63, 3.8) is 0 Å². The van der Waals surface area contributed by atoms with E-state index in [0.29, 0.717) is 22.4 Å². The summed E-state index contributed by atoms with van der Waals surface area (Å²) in [5.41, 5.74) is 0.819. The van der Waals surface area contributed by atoms with Crippen LogP contribution in [-0.4, -0.2) is 14.2 Å². The molecule has 0 saturated carbocycles. The minimum atomic E-state index is 0.296. The number of benzene rings is 1. The Kier molecular flexibility index (Phi) is 4.43. The van der Waals surface area contributed by atoms with E-state index in [-0.39, 0.29) is 0 Å². The van der Waals surface area contributed by atoms with Gasteiger partial charge in [0.2, 0.25) is 0 Å². The number of methoxy groups -OCH3 is 2. The maximum absolute atomic E-state index is 8.68. The van der Waals surface area contributed by atoms with E-state index in [1.807, 2.05) is 6.07 Å². The van der Waals surface area contributed by atoms with Gasteiger partial charge in [-0.15, -0.1) is 0 Å². The molecule has 1 aromatic carbocycles. The first-order valence-electron chi connectivity index (χ1n) is 4.11. The molecule has 0 saturated heterocycles. The normalized spacial score (nSPS) is 9.53. The lowest BCUT2D eigenvalue weighted by atomic mass is 10.1. The molecular weight excluding hydrogens is 326 g/mol. The van der Waals surface area contributed by atoms with Crippen LogP contribution in [0.2, 0.25) is 0 Å². The maximum Gasteiger partial charge on any atom is 0.150 e. The molecule has 0 amide bonds. The van der Waals surface area contributed by atoms with Gasteiger partial charge >= 0.3 is 0 Å². The van der Waals surface area contributed by atoms with Crippen LogP contribution in [0, 0.1) is 11.3 Å². The molecule has 0 N–H and O–H groups in total. The molecule has 0 bridgehead atoms. The van der Waals surface area contributed by atoms with Crippen molar-refractivity contribution in [1.29, 1.82) is 5.26 Å². The molecule has 0 atom stereocenters. The summed E-state index contributed by atoms with van der Waals surface area (Å²) < 4.78 is 11.9. The second kappa shape index (κ2) is 5.38. The van der Waals surface area contributed by atoms with Gasteiger partial charge in [-0.05, 0) is 37.9 Å². The maximum atomic E-state index is 8.68. The fourth-order valence-electron chi connectivity index (χ4n) is 1.26. The monoisotopic (exact) mass is 333 g/mol. The van der Waals surface area contributed by atoms with Gasteiger partial charge in [0.25, 0.3) is 0 Å². The smallest absolute Gasteiger partial charge is 0.150 e. The molecule has 0 spiro atoms. The Morgan fingerprint density at radius 2 is 1.87 bits per heavy atom. The Bertz CT molecular complexity index is 413. The standard InChI is InChI=1S/C10H9Br2NO2/c1-14-9-6(3-4-13)5-7(11)10(15-2)8(9)12/h5H,3H2,1-2H3. The highest BCUT2D eigenvalue weighted by molar-refractivity contribution is 9.11. The molecule has 0 fully saturated rings. The molecule has 3 nitrogen and oxygen atoms in total. The summed E-state index contributed by atoms with van der Waals surface area (Å²) in [5, 5.41) is 8.68. The molecule has 0 aliphatic heterocycles. The highest BCUT2D eigenvalue weighted by Gasteiger charge is 2.16. The fraction of sp³-hybridized carbons (Fsp3) is 0.300. The summed E-state index contributed by atoms with van der Waals surface area (Å²) in [6.07, 6.45) is 0.296. The van der Waals surface area contributed by atoms with Crippen LogP contribution in [0.3, 0.4) is 0 Å². The first-order chi connectivity index (χ1) is 7.15. The lowest BCUT2D eigenvalue weighted by Gasteiger charge is -2.13. The lowest BCUT2D eigenvalue weighted by molar-refractivity contribution is 0.385. The SMILES string of the molecule is COc1c(Br)cc(CC#N)c(OC)c1Br. The lowest BCUT2D eigenvalue weighted by Crippen LogP contribution is -1.96. The molecule has 1 aromatic rings. The van der Waals surface area contributed by atoms with Crippen molar-refractivity contribution >= 4 is 31.9 Å². The van der Waals surface area contributed by atoms with Gasteiger partial charge in [0.05, 0.1) is 31.2 Å². The van der Waals surface area contributed by atoms with Crippen LogP contribution in [0.5, 0.6) is 11.5 Å². The summed E-state index contributed by atoms with van der Waals surface area (Å²) in [4.78, 5) is 0. The number of nitrogens with zero attached hydrogens (tertiary/aromatic N) is 1. The predicted molar refractivity (Wildman–Crippen MR) is 64.3 cm³/mol. The van der Waals surface area contributed by atoms with E-state index in [2.05, 4.69) is 37.9 Å². The van der Waals surface area contributed by atoms with E-state index in [0.717, 1.165) is 10.0 Å². The summed E-state index contributed by atoms with van der Waals surface area (Å²) in [6, 6.07) is 3.91. The number of ether oxygens (including phenoxy) is 2. The van der Waals surface area contributed by atoms with E-state index < -0.39 is 0 Å². The molecule has 1 rings (SSSR count). The second-order valence-electron chi connectivity index (χ2n) is 2.73. The largest absolute Gasteiger partial charge is 0.495 e. The summed E-state index contributed by atoms with van der Waals surface area (Å²) in [5.74, 6) is 1.30. The van der Waals surface area contributed by atoms with Crippen molar-refractivity contribution in [1.82, 2.24) is 0 Å². The van der Waals surface area contributed by atoms with Crippen LogP contribution in [0.1, 0.15) is 5.56 Å². The third-order valence-electron chi connectivity index (χ3n) is 1.89. The number of rotatable bonds is 3. The number of halogens is 2. The van der Waals surface area contributed by atoms with Gasteiger partial charge in [0.15, 0.2) is 5.75 Å². The molecule has 0 unspecified atom stereocenters. The Morgan fingerprint density at radius 3 is 2.33 bits per heavy atom. The van der Waals surface area contributed by atoms with E-state index in [9.17, 15) is 0 Å². The molecule has 15 heavy (non-hydrogen) atoms. The number of hydrogen-bond donors (Lipinski definition) is 0. The van der Waals surface area contributed by atoms with E-state index in [4.69, 9.17) is 14.7 Å². The van der Waals surface area contributed by atoms with E-state index in [1.54, 1.807) is 14.2 Å². The first-order valence-corrected chi connectivity index (χ1v) is 5.70. The minimum Gasteiger partial charge on any atom is -0.495 e. The van der Waals surface area contributed by atoms with Gasteiger partial charge < -0.3 is 9.47 Å². The average molecular weight is 335 g/mol. The molecule has 0 radical (unpaired) electrons. The number of hydrogen-bond acceptors (Lipinski definition) is 3. The zero-order valence-electron chi connectivity index (χ0n) is 8.30. The van der Waals surface area contributed by atoms with Gasteiger partial charge in [0.1, 0.15) is 10.2 Å². The predicted octanol–water partition coefficient (Wildman–Crippen LogP) is 3.29. The summed E-state index contributed by atoms with van der Waals surface area (Å²) >= 11 is 6.76. The van der Waals surface area contributed by atoms with Gasteiger partial charge in [0, 0.05) is 5.56 Å². The van der Waals surface area contributed by atoms with Gasteiger partial charge in [-0.25, -0.2) is 0 Å². The van der Waals surface area contributed by atoms with Crippen molar-refractivity contribution in [2.45, 2.75) is 6.42 Å². The van der Waals surface area contributed by atoms with Gasteiger partial charge in [-0.3, -0.25) is 0 Å². The summed E-state index contributed by atoms with van der Waals surface area (Å²) in [6.45, 7) is 0. The van der Waals surface area contributed by atoms with E-state index in [1.165, 1.54) is 0 Å². The second-order valence-corrected chi connectivity index (χ2v) is 4.38. The average Bonchev–Trinajstić information content (AvgIpc) is 2.19. The van der Waals surface area contributed by atoms with Crippen LogP contribution in [0.15, 0.2) is 15.0 Å². The molecule has 0 heterocycles. The van der Waals surface area contributed by atoms with Crippen molar-refractivity contribution < 1.29 is 9.47 Å². The third-order valence-corrected chi connectivity index (χ3v) is 3.20. The highest BCUT2D eigenvalue weighted by atomic mass is 79.9. The molecule has 0 aliphatic carbocycles. The third kappa shape index (κ3) is 2.44. The Morgan fingerprint density at radius 1 is 1.27 bits per heavy atom. The van der Waals surface area contributed by atoms with Crippen LogP contribution >= 0.6 is 31.9 Å². The molecule has 80 valence electrons. The van der Waals surface area contributed by atoms with Crippen LogP contribution in [0.4, 0.5) is 0 Å². The summed E-state index contributed by atoms with van der Waals surface area (Å²) in [7, 11) is 3.14. The Hall–Kier alpha value is -0.730.